The van der Waals surface area contributed by atoms with Gasteiger partial charge in [-0.15, -0.1) is 0 Å². The topological polar surface area (TPSA) is 38.5 Å². The van der Waals surface area contributed by atoms with Crippen molar-refractivity contribution in [2.75, 3.05) is 19.7 Å². The standard InChI is InChI=1S/C18H28N2O/c1-18(2,20-10-5-6-11-20)17(19)13-14-9-12-21-16-8-4-3-7-15(14)16/h3-4,7-8,14,17H,5-6,9-13,19H2,1-2H3. The van der Waals surface area contributed by atoms with E-state index in [1.165, 1.54) is 31.5 Å². The number of likely N-dealkylation sites (tertiary alicyclic amines) is 1. The first-order chi connectivity index (χ1) is 10.1. The van der Waals surface area contributed by atoms with Crippen LogP contribution in [0.1, 0.15) is 51.0 Å². The summed E-state index contributed by atoms with van der Waals surface area (Å²) in [5.74, 6) is 1.59. The third kappa shape index (κ3) is 2.95. The second kappa shape index (κ2) is 5.98. The van der Waals surface area contributed by atoms with Crippen LogP contribution in [0, 0.1) is 0 Å². The maximum atomic E-state index is 6.64. The molecular formula is C18H28N2O. The van der Waals surface area contributed by atoms with Crippen molar-refractivity contribution in [1.82, 2.24) is 4.90 Å². The Bertz CT molecular complexity index is 480. The smallest absolute Gasteiger partial charge is 0.122 e. The Morgan fingerprint density at radius 2 is 2.00 bits per heavy atom. The summed E-state index contributed by atoms with van der Waals surface area (Å²) in [6, 6.07) is 8.65. The van der Waals surface area contributed by atoms with Gasteiger partial charge in [0.15, 0.2) is 0 Å². The van der Waals surface area contributed by atoms with Gasteiger partial charge in [0, 0.05) is 11.6 Å². The van der Waals surface area contributed by atoms with E-state index in [4.69, 9.17) is 10.5 Å². The molecule has 1 saturated heterocycles. The highest BCUT2D eigenvalue weighted by Crippen LogP contribution is 2.38. The van der Waals surface area contributed by atoms with Crippen LogP contribution in [0.5, 0.6) is 5.75 Å². The van der Waals surface area contributed by atoms with Gasteiger partial charge in [-0.05, 0) is 70.2 Å². The van der Waals surface area contributed by atoms with Crippen molar-refractivity contribution in [2.24, 2.45) is 5.73 Å². The molecule has 116 valence electrons. The van der Waals surface area contributed by atoms with Crippen molar-refractivity contribution < 1.29 is 4.74 Å². The number of para-hydroxylation sites is 1. The van der Waals surface area contributed by atoms with Crippen molar-refractivity contribution >= 4 is 0 Å². The fraction of sp³-hybridized carbons (Fsp3) is 0.667. The zero-order chi connectivity index (χ0) is 14.9. The third-order valence-electron chi connectivity index (χ3n) is 5.45. The molecule has 3 nitrogen and oxygen atoms in total. The molecular weight excluding hydrogens is 260 g/mol. The second-order valence-corrected chi connectivity index (χ2v) is 7.06. The Hall–Kier alpha value is -1.06. The van der Waals surface area contributed by atoms with Crippen LogP contribution >= 0.6 is 0 Å². The summed E-state index contributed by atoms with van der Waals surface area (Å²) >= 11 is 0. The minimum Gasteiger partial charge on any atom is -0.493 e. The van der Waals surface area contributed by atoms with Crippen molar-refractivity contribution in [3.63, 3.8) is 0 Å². The van der Waals surface area contributed by atoms with E-state index in [0.29, 0.717) is 5.92 Å². The van der Waals surface area contributed by atoms with Gasteiger partial charge >= 0.3 is 0 Å². The maximum Gasteiger partial charge on any atom is 0.122 e. The molecule has 0 radical (unpaired) electrons. The molecule has 21 heavy (non-hydrogen) atoms. The summed E-state index contributed by atoms with van der Waals surface area (Å²) in [4.78, 5) is 2.57. The summed E-state index contributed by atoms with van der Waals surface area (Å²) in [7, 11) is 0. The molecule has 2 aliphatic heterocycles. The lowest BCUT2D eigenvalue weighted by Crippen LogP contribution is -2.55. The van der Waals surface area contributed by atoms with Crippen LogP contribution in [-0.2, 0) is 0 Å². The Balaban J connectivity index is 1.72. The normalized spacial score (nSPS) is 24.4. The van der Waals surface area contributed by atoms with E-state index in [-0.39, 0.29) is 11.6 Å². The van der Waals surface area contributed by atoms with Gasteiger partial charge in [0.25, 0.3) is 0 Å². The second-order valence-electron chi connectivity index (χ2n) is 7.06. The first-order valence-corrected chi connectivity index (χ1v) is 8.31. The SMILES string of the molecule is CC(C)(C(N)CC1CCOc2ccccc21)N1CCCC1. The van der Waals surface area contributed by atoms with Gasteiger partial charge in [0.05, 0.1) is 6.61 Å². The van der Waals surface area contributed by atoms with Gasteiger partial charge in [0.2, 0.25) is 0 Å². The van der Waals surface area contributed by atoms with Crippen LogP contribution < -0.4 is 10.5 Å². The summed E-state index contributed by atoms with van der Waals surface area (Å²) in [6.45, 7) is 7.84. The molecule has 2 N–H and O–H groups in total. The molecule has 2 aliphatic rings. The minimum atomic E-state index is 0.0871. The molecule has 2 unspecified atom stereocenters. The number of rotatable bonds is 4. The third-order valence-corrected chi connectivity index (χ3v) is 5.45. The lowest BCUT2D eigenvalue weighted by molar-refractivity contribution is 0.113. The number of hydrogen-bond acceptors (Lipinski definition) is 3. The van der Waals surface area contributed by atoms with Crippen LogP contribution in [0.3, 0.4) is 0 Å². The summed E-state index contributed by atoms with van der Waals surface area (Å²) < 4.78 is 5.77. The van der Waals surface area contributed by atoms with E-state index < -0.39 is 0 Å². The molecule has 0 spiro atoms. The number of ether oxygens (including phenoxy) is 1. The first kappa shape index (κ1) is 14.9. The average Bonchev–Trinajstić information content (AvgIpc) is 3.02. The molecule has 1 aromatic carbocycles. The Kier molecular flexibility index (Phi) is 4.23. The highest BCUT2D eigenvalue weighted by atomic mass is 16.5. The number of benzene rings is 1. The van der Waals surface area contributed by atoms with Crippen LogP contribution in [0.25, 0.3) is 0 Å². The van der Waals surface area contributed by atoms with Gasteiger partial charge in [0.1, 0.15) is 5.75 Å². The molecule has 1 fully saturated rings. The zero-order valence-electron chi connectivity index (χ0n) is 13.3. The van der Waals surface area contributed by atoms with Gasteiger partial charge in [-0.3, -0.25) is 4.90 Å². The predicted octanol–water partition coefficient (Wildman–Crippen LogP) is 3.14. The van der Waals surface area contributed by atoms with Gasteiger partial charge in [-0.1, -0.05) is 18.2 Å². The van der Waals surface area contributed by atoms with Gasteiger partial charge in [-0.25, -0.2) is 0 Å². The average molecular weight is 288 g/mol. The molecule has 0 amide bonds. The predicted molar refractivity (Wildman–Crippen MR) is 86.8 cm³/mol. The lowest BCUT2D eigenvalue weighted by Gasteiger charge is -2.42. The Labute approximate surface area is 128 Å². The van der Waals surface area contributed by atoms with Crippen LogP contribution in [0.15, 0.2) is 24.3 Å². The molecule has 2 atom stereocenters. The highest BCUT2D eigenvalue weighted by Gasteiger charge is 2.36. The van der Waals surface area contributed by atoms with Crippen molar-refractivity contribution in [3.05, 3.63) is 29.8 Å². The van der Waals surface area contributed by atoms with Gasteiger partial charge in [-0.2, -0.15) is 0 Å². The number of fused-ring (bicyclic) bond motifs is 1. The maximum absolute atomic E-state index is 6.64. The molecule has 0 aromatic heterocycles. The van der Waals surface area contributed by atoms with Crippen LogP contribution in [0.2, 0.25) is 0 Å². The quantitative estimate of drug-likeness (QED) is 0.925. The number of nitrogens with two attached hydrogens (primary N) is 1. The van der Waals surface area contributed by atoms with Crippen molar-refractivity contribution in [3.8, 4) is 5.75 Å². The molecule has 0 aliphatic carbocycles. The molecule has 0 saturated carbocycles. The largest absolute Gasteiger partial charge is 0.493 e. The molecule has 0 bridgehead atoms. The lowest BCUT2D eigenvalue weighted by atomic mass is 9.81. The monoisotopic (exact) mass is 288 g/mol. The highest BCUT2D eigenvalue weighted by molar-refractivity contribution is 5.37. The molecule has 1 aromatic rings. The fourth-order valence-electron chi connectivity index (χ4n) is 3.78. The molecule has 3 heteroatoms. The van der Waals surface area contributed by atoms with E-state index >= 15 is 0 Å². The van der Waals surface area contributed by atoms with E-state index in [0.717, 1.165) is 25.2 Å². The summed E-state index contributed by atoms with van der Waals surface area (Å²) in [6.07, 6.45) is 4.76. The Morgan fingerprint density at radius 3 is 2.76 bits per heavy atom. The Morgan fingerprint density at radius 1 is 1.29 bits per heavy atom. The van der Waals surface area contributed by atoms with E-state index in [1.54, 1.807) is 0 Å². The molecule has 3 rings (SSSR count). The fourth-order valence-corrected chi connectivity index (χ4v) is 3.78. The van der Waals surface area contributed by atoms with Gasteiger partial charge < -0.3 is 10.5 Å². The zero-order valence-corrected chi connectivity index (χ0v) is 13.3. The van der Waals surface area contributed by atoms with Crippen LogP contribution in [0.4, 0.5) is 0 Å². The molecule has 2 heterocycles. The number of nitrogens with zero attached hydrogens (tertiary/aromatic N) is 1. The summed E-state index contributed by atoms with van der Waals surface area (Å²) in [5.41, 5.74) is 8.07. The van der Waals surface area contributed by atoms with Crippen molar-refractivity contribution in [1.29, 1.82) is 0 Å². The summed E-state index contributed by atoms with van der Waals surface area (Å²) in [5, 5.41) is 0. The van der Waals surface area contributed by atoms with E-state index in [1.807, 2.05) is 0 Å². The van der Waals surface area contributed by atoms with Crippen LogP contribution in [-0.4, -0.2) is 36.2 Å². The van der Waals surface area contributed by atoms with Crippen molar-refractivity contribution in [2.45, 2.75) is 57.0 Å². The first-order valence-electron chi connectivity index (χ1n) is 8.31. The van der Waals surface area contributed by atoms with E-state index in [2.05, 4.69) is 43.0 Å². The number of hydrogen-bond donors (Lipinski definition) is 1. The minimum absolute atomic E-state index is 0.0871. The van der Waals surface area contributed by atoms with E-state index in [9.17, 15) is 0 Å².